The molecule has 9 heteroatoms. The van der Waals surface area contributed by atoms with Crippen molar-refractivity contribution in [3.05, 3.63) is 81.8 Å². The van der Waals surface area contributed by atoms with Crippen molar-refractivity contribution in [1.82, 2.24) is 0 Å². The van der Waals surface area contributed by atoms with Gasteiger partial charge in [0.25, 0.3) is 0 Å². The van der Waals surface area contributed by atoms with Crippen molar-refractivity contribution in [1.29, 1.82) is 0 Å². The molecule has 0 amide bonds. The molecular weight excluding hydrogens is 459 g/mol. The van der Waals surface area contributed by atoms with Crippen LogP contribution >= 0.6 is 23.2 Å². The molecule has 3 rings (SSSR count). The van der Waals surface area contributed by atoms with Gasteiger partial charge in [-0.25, -0.2) is 13.6 Å². The van der Waals surface area contributed by atoms with Crippen LogP contribution in [0.4, 0.5) is 5.69 Å². The molecule has 0 fully saturated rings. The van der Waals surface area contributed by atoms with Gasteiger partial charge >= 0.3 is 0 Å². The zero-order valence-corrected chi connectivity index (χ0v) is 19.1. The summed E-state index contributed by atoms with van der Waals surface area (Å²) < 4.78 is 34.6. The van der Waals surface area contributed by atoms with Gasteiger partial charge in [0.05, 0.1) is 11.5 Å². The monoisotopic (exact) mass is 480 g/mol. The number of nitrogens with two attached hydrogens (primary N) is 1. The van der Waals surface area contributed by atoms with Gasteiger partial charge in [0.15, 0.2) is 11.5 Å². The van der Waals surface area contributed by atoms with Gasteiger partial charge in [-0.2, -0.15) is 0 Å². The Morgan fingerprint density at radius 3 is 2.35 bits per heavy atom. The van der Waals surface area contributed by atoms with Gasteiger partial charge in [0, 0.05) is 33.4 Å². The predicted octanol–water partition coefficient (Wildman–Crippen LogP) is 5.23. The Labute approximate surface area is 191 Å². The lowest BCUT2D eigenvalue weighted by molar-refractivity contribution is 0.267. The van der Waals surface area contributed by atoms with Crippen LogP contribution in [-0.2, 0) is 23.2 Å². The van der Waals surface area contributed by atoms with Crippen LogP contribution in [-0.4, -0.2) is 15.0 Å². The molecule has 31 heavy (non-hydrogen) atoms. The molecule has 0 aromatic heterocycles. The molecule has 0 aliphatic rings. The molecule has 0 spiro atoms. The number of sulfonamides is 1. The van der Waals surface area contributed by atoms with Crippen LogP contribution in [0.25, 0.3) is 0 Å². The lowest BCUT2D eigenvalue weighted by Crippen LogP contribution is -2.12. The number of hydrogen-bond donors (Lipinski definition) is 2. The Hall–Kier alpha value is -2.45. The van der Waals surface area contributed by atoms with E-state index < -0.39 is 10.0 Å². The van der Waals surface area contributed by atoms with Crippen LogP contribution in [0, 0.1) is 0 Å². The van der Waals surface area contributed by atoms with E-state index in [4.69, 9.17) is 37.8 Å². The molecule has 0 heterocycles. The van der Waals surface area contributed by atoms with Crippen molar-refractivity contribution < 1.29 is 17.9 Å². The molecule has 0 bridgehead atoms. The minimum atomic E-state index is -3.73. The van der Waals surface area contributed by atoms with Gasteiger partial charge in [0.1, 0.15) is 6.61 Å². The fraction of sp³-hybridized carbons (Fsp3) is 0.182. The summed E-state index contributed by atoms with van der Waals surface area (Å²) >= 11 is 12.2. The first-order chi connectivity index (χ1) is 14.8. The molecule has 0 aliphatic carbocycles. The van der Waals surface area contributed by atoms with Crippen molar-refractivity contribution in [2.75, 3.05) is 11.9 Å². The van der Waals surface area contributed by atoms with Gasteiger partial charge in [-0.05, 0) is 49.4 Å². The fourth-order valence-electron chi connectivity index (χ4n) is 2.88. The number of rotatable bonds is 9. The third-order valence-corrected chi connectivity index (χ3v) is 5.93. The molecule has 3 aromatic rings. The molecule has 0 radical (unpaired) electrons. The molecule has 0 unspecified atom stereocenters. The van der Waals surface area contributed by atoms with Crippen molar-refractivity contribution in [3.8, 4) is 11.5 Å². The number of primary sulfonamides is 1. The maximum atomic E-state index is 11.4. The van der Waals surface area contributed by atoms with Crippen LogP contribution in [0.3, 0.4) is 0 Å². The van der Waals surface area contributed by atoms with Crippen molar-refractivity contribution in [2.24, 2.45) is 5.14 Å². The second-order valence-electron chi connectivity index (χ2n) is 6.62. The number of halogens is 2. The summed E-state index contributed by atoms with van der Waals surface area (Å²) in [6.07, 6.45) is 0. The van der Waals surface area contributed by atoms with Crippen LogP contribution in [0.5, 0.6) is 11.5 Å². The normalized spacial score (nSPS) is 11.2. The average molecular weight is 481 g/mol. The van der Waals surface area contributed by atoms with Gasteiger partial charge < -0.3 is 14.8 Å². The molecular formula is C22H22Cl2N2O4S. The summed E-state index contributed by atoms with van der Waals surface area (Å²) in [5, 5.41) is 9.47. The van der Waals surface area contributed by atoms with E-state index in [-0.39, 0.29) is 11.5 Å². The minimum Gasteiger partial charge on any atom is -0.490 e. The van der Waals surface area contributed by atoms with E-state index in [0.717, 1.165) is 16.8 Å². The molecule has 0 atom stereocenters. The molecule has 3 N–H and O–H groups in total. The van der Waals surface area contributed by atoms with E-state index in [1.54, 1.807) is 24.3 Å². The summed E-state index contributed by atoms with van der Waals surface area (Å²) in [4.78, 5) is 0.0558. The molecule has 3 aromatic carbocycles. The second kappa shape index (κ2) is 10.2. The average Bonchev–Trinajstić information content (AvgIpc) is 2.72. The summed E-state index contributed by atoms with van der Waals surface area (Å²) in [6, 6.07) is 17.1. The smallest absolute Gasteiger partial charge is 0.238 e. The molecule has 0 saturated heterocycles. The highest BCUT2D eigenvalue weighted by Gasteiger charge is 2.13. The summed E-state index contributed by atoms with van der Waals surface area (Å²) in [5.74, 6) is 1.22. The SMILES string of the molecule is CCOc1cccc(CNc2ccc(S(N)(=O)=O)cc2)c1OCc1ccc(Cl)cc1Cl. The maximum absolute atomic E-state index is 11.4. The summed E-state index contributed by atoms with van der Waals surface area (Å²) in [6.45, 7) is 3.07. The Morgan fingerprint density at radius 2 is 1.71 bits per heavy atom. The van der Waals surface area contributed by atoms with Crippen molar-refractivity contribution >= 4 is 38.9 Å². The largest absolute Gasteiger partial charge is 0.490 e. The topological polar surface area (TPSA) is 90.6 Å². The molecule has 0 saturated carbocycles. The number of para-hydroxylation sites is 1. The van der Waals surface area contributed by atoms with Gasteiger partial charge in [0.2, 0.25) is 10.0 Å². The van der Waals surface area contributed by atoms with E-state index in [1.807, 2.05) is 31.2 Å². The summed E-state index contributed by atoms with van der Waals surface area (Å²) in [5.41, 5.74) is 2.40. The lowest BCUT2D eigenvalue weighted by Gasteiger charge is -2.17. The minimum absolute atomic E-state index is 0.0558. The number of ether oxygens (including phenoxy) is 2. The van der Waals surface area contributed by atoms with Gasteiger partial charge in [-0.1, -0.05) is 41.4 Å². The van der Waals surface area contributed by atoms with Crippen molar-refractivity contribution in [3.63, 3.8) is 0 Å². The van der Waals surface area contributed by atoms with E-state index in [9.17, 15) is 8.42 Å². The lowest BCUT2D eigenvalue weighted by atomic mass is 10.1. The zero-order chi connectivity index (χ0) is 22.4. The number of anilines is 1. The number of hydrogen-bond acceptors (Lipinski definition) is 5. The maximum Gasteiger partial charge on any atom is 0.238 e. The highest BCUT2D eigenvalue weighted by molar-refractivity contribution is 7.89. The molecule has 6 nitrogen and oxygen atoms in total. The quantitative estimate of drug-likeness (QED) is 0.437. The zero-order valence-electron chi connectivity index (χ0n) is 16.8. The van der Waals surface area contributed by atoms with Gasteiger partial charge in [-0.15, -0.1) is 0 Å². The van der Waals surface area contributed by atoms with Crippen LogP contribution in [0.2, 0.25) is 10.0 Å². The third-order valence-electron chi connectivity index (χ3n) is 4.41. The summed E-state index contributed by atoms with van der Waals surface area (Å²) in [7, 11) is -3.73. The van der Waals surface area contributed by atoms with Crippen LogP contribution < -0.4 is 19.9 Å². The highest BCUT2D eigenvalue weighted by Crippen LogP contribution is 2.33. The molecule has 0 aliphatic heterocycles. The Morgan fingerprint density at radius 1 is 0.968 bits per heavy atom. The van der Waals surface area contributed by atoms with E-state index >= 15 is 0 Å². The van der Waals surface area contributed by atoms with E-state index in [1.165, 1.54) is 12.1 Å². The predicted molar refractivity (Wildman–Crippen MR) is 124 cm³/mol. The van der Waals surface area contributed by atoms with Crippen LogP contribution in [0.15, 0.2) is 65.6 Å². The Balaban J connectivity index is 1.78. The number of nitrogens with one attached hydrogen (secondary N) is 1. The van der Waals surface area contributed by atoms with Gasteiger partial charge in [-0.3, -0.25) is 0 Å². The first-order valence-corrected chi connectivity index (χ1v) is 11.8. The standard InChI is InChI=1S/C22H22Cl2N2O4S/c1-2-29-21-5-3-4-15(13-26-18-8-10-19(11-9-18)31(25,27)28)22(21)30-14-16-6-7-17(23)12-20(16)24/h3-12,26H,2,13-14H2,1H3,(H2,25,27,28). The Bertz CT molecular complexity index is 1150. The van der Waals surface area contributed by atoms with Crippen molar-refractivity contribution in [2.45, 2.75) is 25.0 Å². The van der Waals surface area contributed by atoms with E-state index in [0.29, 0.717) is 34.7 Å². The second-order valence-corrected chi connectivity index (χ2v) is 9.03. The molecule has 164 valence electrons. The Kier molecular flexibility index (Phi) is 7.67. The first kappa shape index (κ1) is 23.2. The fourth-order valence-corrected chi connectivity index (χ4v) is 3.86. The highest BCUT2D eigenvalue weighted by atomic mass is 35.5. The third kappa shape index (κ3) is 6.27. The van der Waals surface area contributed by atoms with Crippen LogP contribution in [0.1, 0.15) is 18.1 Å². The first-order valence-electron chi connectivity index (χ1n) is 9.46. The van der Waals surface area contributed by atoms with E-state index in [2.05, 4.69) is 5.32 Å². The number of benzene rings is 3.